The van der Waals surface area contributed by atoms with Crippen molar-refractivity contribution in [1.82, 2.24) is 20.1 Å². The van der Waals surface area contributed by atoms with Crippen molar-refractivity contribution < 1.29 is 0 Å². The van der Waals surface area contributed by atoms with Crippen molar-refractivity contribution in [3.05, 3.63) is 43.8 Å². The molecule has 7 heteroatoms. The van der Waals surface area contributed by atoms with Gasteiger partial charge in [-0.25, -0.2) is 0 Å². The first kappa shape index (κ1) is 15.9. The second kappa shape index (κ2) is 7.02. The maximum absolute atomic E-state index is 6.28. The van der Waals surface area contributed by atoms with Crippen molar-refractivity contribution in [2.75, 3.05) is 6.54 Å². The fourth-order valence-electron chi connectivity index (χ4n) is 1.99. The highest BCUT2D eigenvalue weighted by Crippen LogP contribution is 2.32. The van der Waals surface area contributed by atoms with E-state index in [1.165, 1.54) is 0 Å². The average Bonchev–Trinajstić information content (AvgIpc) is 2.72. The molecule has 2 aromatic rings. The molecular weight excluding hydrogens is 407 g/mol. The predicted octanol–water partition coefficient (Wildman–Crippen LogP) is 4.08. The van der Waals surface area contributed by atoms with Gasteiger partial charge in [-0.3, -0.25) is 9.67 Å². The highest BCUT2D eigenvalue weighted by atomic mass is 79.9. The third-order valence-electron chi connectivity index (χ3n) is 2.92. The number of pyridine rings is 1. The number of nitrogens with one attached hydrogen (secondary N) is 1. The quantitative estimate of drug-likeness (QED) is 0.790. The molecule has 0 aromatic carbocycles. The van der Waals surface area contributed by atoms with Gasteiger partial charge < -0.3 is 5.32 Å². The summed E-state index contributed by atoms with van der Waals surface area (Å²) in [6.45, 7) is 3.00. The number of hydrogen-bond donors (Lipinski definition) is 1. The van der Waals surface area contributed by atoms with Gasteiger partial charge >= 0.3 is 0 Å². The van der Waals surface area contributed by atoms with E-state index < -0.39 is 0 Å². The first-order chi connectivity index (χ1) is 9.54. The molecule has 1 unspecified atom stereocenters. The van der Waals surface area contributed by atoms with Crippen LogP contribution in [0.5, 0.6) is 0 Å². The molecule has 0 saturated heterocycles. The molecule has 1 N–H and O–H groups in total. The fourth-order valence-corrected chi connectivity index (χ4v) is 3.49. The van der Waals surface area contributed by atoms with E-state index in [2.05, 4.69) is 54.2 Å². The Morgan fingerprint density at radius 3 is 2.70 bits per heavy atom. The van der Waals surface area contributed by atoms with E-state index in [9.17, 15) is 0 Å². The molecule has 0 aliphatic carbocycles. The minimum absolute atomic E-state index is 0.0996. The third-order valence-corrected chi connectivity index (χ3v) is 4.28. The molecule has 0 radical (unpaired) electrons. The Labute approximate surface area is 140 Å². The minimum Gasteiger partial charge on any atom is -0.304 e. The molecule has 4 nitrogen and oxygen atoms in total. The molecule has 0 amide bonds. The van der Waals surface area contributed by atoms with Gasteiger partial charge in [-0.2, -0.15) is 5.10 Å². The molecule has 0 fully saturated rings. The van der Waals surface area contributed by atoms with Gasteiger partial charge in [-0.05, 0) is 50.9 Å². The number of aryl methyl sites for hydroxylation is 1. The lowest BCUT2D eigenvalue weighted by Crippen LogP contribution is -2.26. The van der Waals surface area contributed by atoms with Crippen molar-refractivity contribution in [2.24, 2.45) is 7.05 Å². The maximum atomic E-state index is 6.28. The lowest BCUT2D eigenvalue weighted by molar-refractivity contribution is 0.542. The van der Waals surface area contributed by atoms with Gasteiger partial charge in [0.2, 0.25) is 0 Å². The van der Waals surface area contributed by atoms with E-state index in [1.54, 1.807) is 17.1 Å². The van der Waals surface area contributed by atoms with Crippen molar-refractivity contribution >= 4 is 43.5 Å². The molecule has 20 heavy (non-hydrogen) atoms. The van der Waals surface area contributed by atoms with E-state index >= 15 is 0 Å². The van der Waals surface area contributed by atoms with Crippen LogP contribution in [0.3, 0.4) is 0 Å². The Kier molecular flexibility index (Phi) is 5.60. The van der Waals surface area contributed by atoms with Crippen molar-refractivity contribution in [1.29, 1.82) is 0 Å². The van der Waals surface area contributed by atoms with Crippen LogP contribution in [0, 0.1) is 0 Å². The van der Waals surface area contributed by atoms with Crippen molar-refractivity contribution in [2.45, 2.75) is 19.4 Å². The Morgan fingerprint density at radius 1 is 1.40 bits per heavy atom. The van der Waals surface area contributed by atoms with Gasteiger partial charge in [-0.1, -0.05) is 18.5 Å². The number of hydrogen-bond acceptors (Lipinski definition) is 3. The number of aromatic nitrogens is 3. The van der Waals surface area contributed by atoms with Crippen LogP contribution in [0.1, 0.15) is 30.8 Å². The van der Waals surface area contributed by atoms with E-state index in [0.29, 0.717) is 5.02 Å². The van der Waals surface area contributed by atoms with E-state index in [1.807, 2.05) is 13.1 Å². The molecule has 0 bridgehead atoms. The summed E-state index contributed by atoms with van der Waals surface area (Å²) in [4.78, 5) is 4.51. The van der Waals surface area contributed by atoms with E-state index in [4.69, 9.17) is 11.6 Å². The zero-order valence-electron chi connectivity index (χ0n) is 11.2. The summed E-state index contributed by atoms with van der Waals surface area (Å²) in [7, 11) is 1.88. The second-order valence-corrected chi connectivity index (χ2v) is 6.59. The first-order valence-corrected chi connectivity index (χ1v) is 8.22. The summed E-state index contributed by atoms with van der Waals surface area (Å²) in [5, 5.41) is 8.32. The van der Waals surface area contributed by atoms with Crippen LogP contribution >= 0.6 is 43.5 Å². The Morgan fingerprint density at radius 2 is 2.15 bits per heavy atom. The number of halogens is 3. The fraction of sp³-hybridized carbons (Fsp3) is 0.385. The molecule has 108 valence electrons. The van der Waals surface area contributed by atoms with Crippen LogP contribution in [0.2, 0.25) is 5.02 Å². The smallest absolute Gasteiger partial charge is 0.0948 e. The van der Waals surface area contributed by atoms with Crippen LogP contribution < -0.4 is 5.32 Å². The van der Waals surface area contributed by atoms with Gasteiger partial charge in [0.1, 0.15) is 0 Å². The average molecular weight is 423 g/mol. The van der Waals surface area contributed by atoms with Crippen LogP contribution in [0.25, 0.3) is 0 Å². The Balaban J connectivity index is 2.47. The Hall–Kier alpha value is -0.430. The first-order valence-electron chi connectivity index (χ1n) is 6.26. The molecule has 0 spiro atoms. The second-order valence-electron chi connectivity index (χ2n) is 4.41. The van der Waals surface area contributed by atoms with Crippen LogP contribution in [-0.2, 0) is 7.05 Å². The summed E-state index contributed by atoms with van der Waals surface area (Å²) in [6.07, 6.45) is 4.47. The SMILES string of the molecule is CCCNC(c1ncc(Br)cc1Br)c1c(Cl)cnn1C. The maximum Gasteiger partial charge on any atom is 0.0948 e. The topological polar surface area (TPSA) is 42.7 Å². The zero-order chi connectivity index (χ0) is 14.7. The molecule has 1 atom stereocenters. The van der Waals surface area contributed by atoms with Crippen LogP contribution in [0.15, 0.2) is 27.4 Å². The summed E-state index contributed by atoms with van der Waals surface area (Å²) in [5.74, 6) is 0. The highest BCUT2D eigenvalue weighted by Gasteiger charge is 2.23. The highest BCUT2D eigenvalue weighted by molar-refractivity contribution is 9.11. The van der Waals surface area contributed by atoms with Gasteiger partial charge in [0.05, 0.1) is 28.6 Å². The zero-order valence-corrected chi connectivity index (χ0v) is 15.1. The summed E-state index contributed by atoms with van der Waals surface area (Å²) >= 11 is 13.3. The van der Waals surface area contributed by atoms with Gasteiger partial charge in [0, 0.05) is 22.2 Å². The predicted molar refractivity (Wildman–Crippen MR) is 88.0 cm³/mol. The number of nitrogens with zero attached hydrogens (tertiary/aromatic N) is 3. The molecule has 2 aromatic heterocycles. The third kappa shape index (κ3) is 3.42. The molecular formula is C13H15Br2ClN4. The van der Waals surface area contributed by atoms with Gasteiger partial charge in [0.15, 0.2) is 0 Å². The van der Waals surface area contributed by atoms with E-state index in [-0.39, 0.29) is 6.04 Å². The minimum atomic E-state index is -0.0996. The molecule has 0 saturated carbocycles. The molecule has 0 aliphatic heterocycles. The van der Waals surface area contributed by atoms with Crippen molar-refractivity contribution in [3.8, 4) is 0 Å². The lowest BCUT2D eigenvalue weighted by atomic mass is 10.1. The van der Waals surface area contributed by atoms with Crippen molar-refractivity contribution in [3.63, 3.8) is 0 Å². The van der Waals surface area contributed by atoms with Gasteiger partial charge in [0.25, 0.3) is 0 Å². The summed E-state index contributed by atoms with van der Waals surface area (Å²) < 4.78 is 3.64. The largest absolute Gasteiger partial charge is 0.304 e. The summed E-state index contributed by atoms with van der Waals surface area (Å²) in [5.41, 5.74) is 1.81. The Bertz CT molecular complexity index is 581. The molecule has 0 aliphatic rings. The van der Waals surface area contributed by atoms with Crippen LogP contribution in [0.4, 0.5) is 0 Å². The monoisotopic (exact) mass is 420 g/mol. The molecule has 2 heterocycles. The van der Waals surface area contributed by atoms with Gasteiger partial charge in [-0.15, -0.1) is 0 Å². The standard InChI is InChI=1S/C13H15Br2ClN4/c1-3-4-17-12(13-10(16)7-19-20(13)2)11-9(15)5-8(14)6-18-11/h5-7,12,17H,3-4H2,1-2H3. The summed E-state index contributed by atoms with van der Waals surface area (Å²) in [6, 6.07) is 1.88. The molecule has 2 rings (SSSR count). The lowest BCUT2D eigenvalue weighted by Gasteiger charge is -2.20. The van der Waals surface area contributed by atoms with Crippen LogP contribution in [-0.4, -0.2) is 21.3 Å². The number of rotatable bonds is 5. The van der Waals surface area contributed by atoms with E-state index in [0.717, 1.165) is 33.3 Å². The normalized spacial score (nSPS) is 12.7.